The van der Waals surface area contributed by atoms with Gasteiger partial charge < -0.3 is 0 Å². The summed E-state index contributed by atoms with van der Waals surface area (Å²) in [5.74, 6) is -0.508. The summed E-state index contributed by atoms with van der Waals surface area (Å²) in [5.41, 5.74) is 5.02. The van der Waals surface area contributed by atoms with Gasteiger partial charge in [0, 0.05) is 0 Å². The van der Waals surface area contributed by atoms with Gasteiger partial charge in [0.1, 0.15) is 0 Å². The Morgan fingerprint density at radius 1 is 1.17 bits per heavy atom. The van der Waals surface area contributed by atoms with Gasteiger partial charge in [-0.05, 0) is 0 Å². The van der Waals surface area contributed by atoms with Crippen LogP contribution in [0.4, 0.5) is 0 Å². The van der Waals surface area contributed by atoms with E-state index in [1.807, 2.05) is 6.07 Å². The first-order valence-electron chi connectivity index (χ1n) is 7.31. The van der Waals surface area contributed by atoms with Gasteiger partial charge in [0.2, 0.25) is 0 Å². The monoisotopic (exact) mass is 454 g/mol. The van der Waals surface area contributed by atoms with Crippen LogP contribution < -0.4 is 0 Å². The molecule has 1 aromatic carbocycles. The van der Waals surface area contributed by atoms with Gasteiger partial charge in [-0.3, -0.25) is 0 Å². The summed E-state index contributed by atoms with van der Waals surface area (Å²) >= 11 is 10.9. The predicted molar refractivity (Wildman–Crippen MR) is 101 cm³/mol. The molecule has 0 saturated carbocycles. The van der Waals surface area contributed by atoms with Crippen molar-refractivity contribution in [3.63, 3.8) is 0 Å². The summed E-state index contributed by atoms with van der Waals surface area (Å²) in [4.78, 5) is 23.8. The number of ether oxygens (including phenoxy) is 2. The summed E-state index contributed by atoms with van der Waals surface area (Å²) in [6.45, 7) is 1.51. The van der Waals surface area contributed by atoms with Crippen LogP contribution in [0, 0.1) is 0 Å². The fourth-order valence-electron chi connectivity index (χ4n) is 1.62. The minimum atomic E-state index is -0.962. The molecule has 4 nitrogen and oxygen atoms in total. The van der Waals surface area contributed by atoms with Crippen molar-refractivity contribution < 1.29 is 19.1 Å². The zero-order valence-electron chi connectivity index (χ0n) is 13.8. The van der Waals surface area contributed by atoms with Crippen LogP contribution in [-0.4, -0.2) is 49.3 Å². The molecule has 0 heterocycles. The molecule has 134 valence electrons. The summed E-state index contributed by atoms with van der Waals surface area (Å²) in [5, 5.41) is -1.63. The Bertz CT molecular complexity index is 528. The molecule has 24 heavy (non-hydrogen) atoms. The van der Waals surface area contributed by atoms with Crippen molar-refractivity contribution in [3.8, 4) is 0 Å². The molecular weight excluding hydrogens is 434 g/mol. The molecule has 0 fully saturated rings. The van der Waals surface area contributed by atoms with E-state index in [0.29, 0.717) is 11.3 Å². The molecule has 0 aliphatic rings. The third-order valence-electron chi connectivity index (χ3n) is 2.84. The van der Waals surface area contributed by atoms with Crippen LogP contribution in [0.25, 0.3) is 0 Å². The zero-order valence-corrected chi connectivity index (χ0v) is 18.0. The Morgan fingerprint density at radius 2 is 1.79 bits per heavy atom. The molecule has 0 bridgehead atoms. The van der Waals surface area contributed by atoms with E-state index >= 15 is 0 Å². The standard InChI is InChI=1S/C16H21AsCl2O4S/c1-11(18)15(20)22-9-13(10-24-17(2)3)23-16(21)14(19)12-7-5-4-6-8-12/h4-8,11,13-14H,9-10H2,1-3H3. The van der Waals surface area contributed by atoms with E-state index in [-0.39, 0.29) is 6.61 Å². The van der Waals surface area contributed by atoms with Crippen LogP contribution in [0.3, 0.4) is 0 Å². The number of carbonyl (C=O) groups is 2. The van der Waals surface area contributed by atoms with E-state index in [9.17, 15) is 9.59 Å². The first-order valence-corrected chi connectivity index (χ1v) is 15.2. The van der Waals surface area contributed by atoms with Gasteiger partial charge in [0.15, 0.2) is 0 Å². The second-order valence-electron chi connectivity index (χ2n) is 5.19. The first-order chi connectivity index (χ1) is 11.3. The molecule has 0 amide bonds. The SMILES string of the molecule is CC(Cl)C(=O)OCC(CS[As](C)C)OC(=O)C(Cl)c1ccccc1. The van der Waals surface area contributed by atoms with E-state index in [4.69, 9.17) is 32.7 Å². The van der Waals surface area contributed by atoms with E-state index in [1.165, 1.54) is 6.92 Å². The van der Waals surface area contributed by atoms with Crippen LogP contribution in [0.1, 0.15) is 17.9 Å². The van der Waals surface area contributed by atoms with Crippen LogP contribution >= 0.6 is 33.2 Å². The Labute approximate surface area is 160 Å². The summed E-state index contributed by atoms with van der Waals surface area (Å²) in [6, 6.07) is 8.98. The Balaban J connectivity index is 2.64. The average Bonchev–Trinajstić information content (AvgIpc) is 2.56. The molecule has 0 aliphatic heterocycles. The summed E-state index contributed by atoms with van der Waals surface area (Å²) in [6.07, 6.45) is -0.538. The topological polar surface area (TPSA) is 52.6 Å². The predicted octanol–water partition coefficient (Wildman–Crippen LogP) is 4.03. The summed E-state index contributed by atoms with van der Waals surface area (Å²) < 4.78 is 10.6. The van der Waals surface area contributed by atoms with E-state index < -0.39 is 42.3 Å². The molecule has 1 aromatic rings. The van der Waals surface area contributed by atoms with Crippen LogP contribution in [-0.2, 0) is 19.1 Å². The maximum absolute atomic E-state index is 12.3. The van der Waals surface area contributed by atoms with Gasteiger partial charge in [-0.2, -0.15) is 0 Å². The third kappa shape index (κ3) is 8.15. The third-order valence-corrected chi connectivity index (χ3v) is 8.67. The fourth-order valence-corrected chi connectivity index (χ4v) is 5.43. The Kier molecular flexibility index (Phi) is 10.2. The van der Waals surface area contributed by atoms with Crippen molar-refractivity contribution in [2.45, 2.75) is 35.2 Å². The van der Waals surface area contributed by atoms with Crippen molar-refractivity contribution in [2.75, 3.05) is 12.4 Å². The number of hydrogen-bond donors (Lipinski definition) is 0. The van der Waals surface area contributed by atoms with Crippen molar-refractivity contribution in [3.05, 3.63) is 35.9 Å². The van der Waals surface area contributed by atoms with Gasteiger partial charge in [-0.25, -0.2) is 0 Å². The van der Waals surface area contributed by atoms with Crippen LogP contribution in [0.5, 0.6) is 0 Å². The van der Waals surface area contributed by atoms with E-state index in [1.54, 1.807) is 34.3 Å². The number of alkyl halides is 2. The summed E-state index contributed by atoms with van der Waals surface area (Å²) in [7, 11) is 1.75. The molecular formula is C16H21AsCl2O4S. The second-order valence-corrected chi connectivity index (χ2v) is 15.7. The van der Waals surface area contributed by atoms with Crippen molar-refractivity contribution in [1.29, 1.82) is 0 Å². The molecule has 8 heteroatoms. The number of halogens is 2. The molecule has 3 atom stereocenters. The number of hydrogen-bond acceptors (Lipinski definition) is 5. The average molecular weight is 455 g/mol. The molecule has 3 unspecified atom stereocenters. The maximum atomic E-state index is 12.3. The first kappa shape index (κ1) is 21.7. The molecule has 0 radical (unpaired) electrons. The number of benzene rings is 1. The quantitative estimate of drug-likeness (QED) is 0.320. The van der Waals surface area contributed by atoms with Crippen LogP contribution in [0.2, 0.25) is 11.4 Å². The van der Waals surface area contributed by atoms with E-state index in [0.717, 1.165) is 0 Å². The molecule has 0 aliphatic carbocycles. The van der Waals surface area contributed by atoms with Crippen molar-refractivity contribution in [1.82, 2.24) is 0 Å². The molecule has 0 spiro atoms. The number of rotatable bonds is 9. The molecule has 0 saturated heterocycles. The van der Waals surface area contributed by atoms with Gasteiger partial charge in [-0.1, -0.05) is 0 Å². The van der Waals surface area contributed by atoms with Crippen molar-refractivity contribution in [2.24, 2.45) is 0 Å². The molecule has 1 rings (SSSR count). The van der Waals surface area contributed by atoms with Gasteiger partial charge >= 0.3 is 161 Å². The minimum absolute atomic E-state index is 0.0186. The van der Waals surface area contributed by atoms with Crippen LogP contribution in [0.15, 0.2) is 30.3 Å². The normalized spacial score (nSPS) is 14.8. The Morgan fingerprint density at radius 3 is 2.33 bits per heavy atom. The van der Waals surface area contributed by atoms with Gasteiger partial charge in [-0.15, -0.1) is 0 Å². The molecule has 0 N–H and O–H groups in total. The van der Waals surface area contributed by atoms with E-state index in [2.05, 4.69) is 11.4 Å². The van der Waals surface area contributed by atoms with Gasteiger partial charge in [0.25, 0.3) is 0 Å². The molecule has 0 aromatic heterocycles. The number of esters is 2. The van der Waals surface area contributed by atoms with Crippen molar-refractivity contribution >= 4 is 58.7 Å². The van der Waals surface area contributed by atoms with Gasteiger partial charge in [0.05, 0.1) is 0 Å². The second kappa shape index (κ2) is 11.3. The number of carbonyl (C=O) groups excluding carboxylic acids is 2. The zero-order chi connectivity index (χ0) is 18.1. The fraction of sp³-hybridized carbons (Fsp3) is 0.500. The Hall–Kier alpha value is -0.352.